The monoisotopic (exact) mass is 553 g/mol. The summed E-state index contributed by atoms with van der Waals surface area (Å²) in [6, 6.07) is 25.9. The van der Waals surface area contributed by atoms with Gasteiger partial charge >= 0.3 is 0 Å². The number of thioether (sulfide) groups is 1. The van der Waals surface area contributed by atoms with E-state index in [9.17, 15) is 9.59 Å². The van der Waals surface area contributed by atoms with Gasteiger partial charge in [-0.05, 0) is 51.0 Å². The summed E-state index contributed by atoms with van der Waals surface area (Å²) in [6.45, 7) is 7.86. The van der Waals surface area contributed by atoms with Crippen LogP contribution in [0.1, 0.15) is 41.3 Å². The summed E-state index contributed by atoms with van der Waals surface area (Å²) in [7, 11) is 0. The first-order valence-corrected chi connectivity index (χ1v) is 14.8. The van der Waals surface area contributed by atoms with Crippen LogP contribution in [0.3, 0.4) is 0 Å². The number of amides is 2. The van der Waals surface area contributed by atoms with E-state index in [-0.39, 0.29) is 17.9 Å². The summed E-state index contributed by atoms with van der Waals surface area (Å²) >= 11 is 1.63. The Kier molecular flexibility index (Phi) is 8.65. The minimum atomic E-state index is -0.0207. The zero-order valence-corrected chi connectivity index (χ0v) is 24.1. The molecule has 0 N–H and O–H groups in total. The molecule has 1 saturated heterocycles. The van der Waals surface area contributed by atoms with Crippen LogP contribution in [0.4, 0.5) is 0 Å². The van der Waals surface area contributed by atoms with Crippen LogP contribution in [-0.4, -0.2) is 67.8 Å². The number of carbonyl (C=O) groups is 2. The molecule has 4 aromatic rings. The summed E-state index contributed by atoms with van der Waals surface area (Å²) in [5.74, 6) is 1.73. The molecule has 1 unspecified atom stereocenters. The van der Waals surface area contributed by atoms with Gasteiger partial charge in [0.1, 0.15) is 0 Å². The Morgan fingerprint density at radius 3 is 2.35 bits per heavy atom. The second-order valence-corrected chi connectivity index (χ2v) is 11.4. The zero-order chi connectivity index (χ0) is 28.1. The molecule has 2 amide bonds. The minimum Gasteiger partial charge on any atom is -0.339 e. The Hall–Kier alpha value is -3.91. The van der Waals surface area contributed by atoms with Crippen LogP contribution in [0, 0.1) is 13.8 Å². The normalized spacial score (nSPS) is 15.3. The van der Waals surface area contributed by atoms with Crippen LogP contribution in [0.25, 0.3) is 17.1 Å². The van der Waals surface area contributed by atoms with Crippen molar-refractivity contribution in [2.24, 2.45) is 0 Å². The van der Waals surface area contributed by atoms with E-state index in [0.717, 1.165) is 40.0 Å². The van der Waals surface area contributed by atoms with Gasteiger partial charge in [-0.2, -0.15) is 0 Å². The number of rotatable bonds is 8. The lowest BCUT2D eigenvalue weighted by Gasteiger charge is -2.40. The maximum atomic E-state index is 13.0. The van der Waals surface area contributed by atoms with Gasteiger partial charge in [0.2, 0.25) is 5.91 Å². The molecular formula is C32H35N5O2S. The molecule has 7 nitrogen and oxygen atoms in total. The van der Waals surface area contributed by atoms with Crippen molar-refractivity contribution in [3.63, 3.8) is 0 Å². The van der Waals surface area contributed by atoms with Crippen molar-refractivity contribution in [2.45, 2.75) is 44.8 Å². The number of piperazine rings is 1. The topological polar surface area (TPSA) is 71.3 Å². The van der Waals surface area contributed by atoms with Crippen molar-refractivity contribution in [1.29, 1.82) is 0 Å². The zero-order valence-electron chi connectivity index (χ0n) is 23.3. The number of aryl methyl sites for hydroxylation is 2. The second-order valence-electron chi connectivity index (χ2n) is 10.3. The lowest BCUT2D eigenvalue weighted by molar-refractivity contribution is -0.133. The summed E-state index contributed by atoms with van der Waals surface area (Å²) in [4.78, 5) is 29.7. The van der Waals surface area contributed by atoms with E-state index in [1.54, 1.807) is 11.8 Å². The summed E-state index contributed by atoms with van der Waals surface area (Å²) in [5, 5.41) is 9.92. The van der Waals surface area contributed by atoms with Crippen molar-refractivity contribution in [2.75, 3.05) is 25.4 Å². The number of hydrogen-bond acceptors (Lipinski definition) is 5. The minimum absolute atomic E-state index is 0.0207. The molecule has 40 heavy (non-hydrogen) atoms. The number of para-hydroxylation sites is 1. The van der Waals surface area contributed by atoms with Gasteiger partial charge in [0, 0.05) is 49.0 Å². The molecule has 0 saturated carbocycles. The fourth-order valence-electron chi connectivity index (χ4n) is 5.06. The van der Waals surface area contributed by atoms with Gasteiger partial charge in [0.05, 0.1) is 5.69 Å². The van der Waals surface area contributed by atoms with Crippen molar-refractivity contribution in [3.05, 3.63) is 95.6 Å². The molecule has 8 heteroatoms. The van der Waals surface area contributed by atoms with Crippen molar-refractivity contribution in [1.82, 2.24) is 24.6 Å². The molecule has 0 aliphatic carbocycles. The van der Waals surface area contributed by atoms with Gasteiger partial charge in [-0.15, -0.1) is 10.2 Å². The SMILES string of the molecule is Cc1ccc(-c2nnc(SCCCC(=O)N3CCN(C(=O)c4ccccc4)C(C)C3)n2-c2ccccc2C)cc1. The Labute approximate surface area is 240 Å². The van der Waals surface area contributed by atoms with Crippen LogP contribution < -0.4 is 0 Å². The molecule has 206 valence electrons. The molecule has 1 aliphatic rings. The molecule has 0 radical (unpaired) electrons. The van der Waals surface area contributed by atoms with Crippen LogP contribution in [0.2, 0.25) is 0 Å². The Bertz CT molecular complexity index is 1470. The number of hydrogen-bond donors (Lipinski definition) is 0. The third-order valence-electron chi connectivity index (χ3n) is 7.33. The summed E-state index contributed by atoms with van der Waals surface area (Å²) < 4.78 is 2.12. The molecule has 1 fully saturated rings. The molecule has 1 aromatic heterocycles. The highest BCUT2D eigenvalue weighted by atomic mass is 32.2. The molecule has 2 heterocycles. The molecule has 5 rings (SSSR count). The maximum Gasteiger partial charge on any atom is 0.254 e. The number of benzene rings is 3. The van der Waals surface area contributed by atoms with E-state index in [4.69, 9.17) is 0 Å². The highest BCUT2D eigenvalue weighted by Crippen LogP contribution is 2.30. The fourth-order valence-corrected chi connectivity index (χ4v) is 5.95. The Morgan fingerprint density at radius 2 is 1.62 bits per heavy atom. The van der Waals surface area contributed by atoms with Crippen LogP contribution in [-0.2, 0) is 4.79 Å². The van der Waals surface area contributed by atoms with Crippen molar-refractivity contribution >= 4 is 23.6 Å². The third kappa shape index (κ3) is 6.12. The Morgan fingerprint density at radius 1 is 0.900 bits per heavy atom. The predicted octanol–water partition coefficient (Wildman–Crippen LogP) is 5.80. The third-order valence-corrected chi connectivity index (χ3v) is 8.34. The van der Waals surface area contributed by atoms with E-state index in [2.05, 4.69) is 65.0 Å². The average molecular weight is 554 g/mol. The van der Waals surface area contributed by atoms with E-state index in [0.29, 0.717) is 31.6 Å². The number of nitrogens with zero attached hydrogens (tertiary/aromatic N) is 5. The highest BCUT2D eigenvalue weighted by Gasteiger charge is 2.30. The summed E-state index contributed by atoms with van der Waals surface area (Å²) in [5.41, 5.74) is 5.10. The van der Waals surface area contributed by atoms with Gasteiger partial charge < -0.3 is 9.80 Å². The maximum absolute atomic E-state index is 13.0. The second kappa shape index (κ2) is 12.5. The lowest BCUT2D eigenvalue weighted by atomic mass is 10.1. The van der Waals surface area contributed by atoms with Crippen LogP contribution in [0.15, 0.2) is 84.0 Å². The van der Waals surface area contributed by atoms with Crippen molar-refractivity contribution < 1.29 is 9.59 Å². The van der Waals surface area contributed by atoms with E-state index in [1.165, 1.54) is 5.56 Å². The van der Waals surface area contributed by atoms with Gasteiger partial charge in [0.15, 0.2) is 11.0 Å². The van der Waals surface area contributed by atoms with Crippen LogP contribution >= 0.6 is 11.8 Å². The first-order chi connectivity index (χ1) is 19.4. The lowest BCUT2D eigenvalue weighted by Crippen LogP contribution is -2.55. The van der Waals surface area contributed by atoms with Crippen LogP contribution in [0.5, 0.6) is 0 Å². The van der Waals surface area contributed by atoms with E-state index in [1.807, 2.05) is 59.2 Å². The quantitative estimate of drug-likeness (QED) is 0.204. The van der Waals surface area contributed by atoms with Gasteiger partial charge in [-0.25, -0.2) is 0 Å². The molecule has 0 bridgehead atoms. The Balaban J connectivity index is 1.19. The van der Waals surface area contributed by atoms with E-state index < -0.39 is 0 Å². The van der Waals surface area contributed by atoms with Gasteiger partial charge in [0.25, 0.3) is 5.91 Å². The smallest absolute Gasteiger partial charge is 0.254 e. The standard InChI is InChI=1S/C32H35N5O2S/c1-23-15-17-26(18-16-23)30-33-34-32(37(30)28-13-8-7-10-24(28)2)40-21-9-14-29(38)35-19-20-36(25(3)22-35)31(39)27-11-5-4-6-12-27/h4-8,10-13,15-18,25H,9,14,19-22H2,1-3H3. The summed E-state index contributed by atoms with van der Waals surface area (Å²) in [6.07, 6.45) is 1.21. The first-order valence-electron chi connectivity index (χ1n) is 13.8. The van der Waals surface area contributed by atoms with Gasteiger partial charge in [-0.1, -0.05) is 78.0 Å². The molecule has 0 spiro atoms. The fraction of sp³-hybridized carbons (Fsp3) is 0.312. The number of aromatic nitrogens is 3. The molecule has 1 aliphatic heterocycles. The number of carbonyl (C=O) groups excluding carboxylic acids is 2. The molecular weight excluding hydrogens is 518 g/mol. The highest BCUT2D eigenvalue weighted by molar-refractivity contribution is 7.99. The van der Waals surface area contributed by atoms with Gasteiger partial charge in [-0.3, -0.25) is 14.2 Å². The van der Waals surface area contributed by atoms with E-state index >= 15 is 0 Å². The first kappa shape index (κ1) is 27.6. The van der Waals surface area contributed by atoms with Crippen molar-refractivity contribution in [3.8, 4) is 17.1 Å². The largest absolute Gasteiger partial charge is 0.339 e. The predicted molar refractivity (Wildman–Crippen MR) is 160 cm³/mol. The molecule has 1 atom stereocenters. The molecule has 3 aromatic carbocycles. The average Bonchev–Trinajstić information content (AvgIpc) is 3.39.